The van der Waals surface area contributed by atoms with Crippen LogP contribution in [0.2, 0.25) is 0 Å². The predicted molar refractivity (Wildman–Crippen MR) is 54.6 cm³/mol. The number of fused-ring (bicyclic) bond motifs is 1. The van der Waals surface area contributed by atoms with Gasteiger partial charge in [-0.25, -0.2) is 0 Å². The number of benzene rings is 1. The minimum absolute atomic E-state index is 0.815. The molecule has 0 amide bonds. The number of nitrogens with two attached hydrogens (primary N) is 1. The van der Waals surface area contributed by atoms with Crippen molar-refractivity contribution in [3.05, 3.63) is 23.9 Å². The van der Waals surface area contributed by atoms with Gasteiger partial charge in [-0.15, -0.1) is 0 Å². The number of nitrogens with zero attached hydrogens (tertiary/aromatic N) is 2. The molecule has 1 aromatic heterocycles. The average Bonchev–Trinajstić information content (AvgIpc) is 2.47. The number of nitrogen functional groups attached to an aromatic ring is 1. The molecule has 3 nitrogen and oxygen atoms in total. The van der Waals surface area contributed by atoms with Crippen LogP contribution in [0.25, 0.3) is 10.9 Å². The Morgan fingerprint density at radius 3 is 2.92 bits per heavy atom. The highest BCUT2D eigenvalue weighted by Gasteiger charge is 2.04. The third-order valence-corrected chi connectivity index (χ3v) is 2.24. The third-order valence-electron chi connectivity index (χ3n) is 2.24. The van der Waals surface area contributed by atoms with Crippen LogP contribution in [-0.2, 0) is 6.54 Å². The fourth-order valence-corrected chi connectivity index (χ4v) is 1.60. The van der Waals surface area contributed by atoms with Gasteiger partial charge in [-0.1, -0.05) is 0 Å². The van der Waals surface area contributed by atoms with E-state index in [9.17, 15) is 0 Å². The molecule has 0 aliphatic rings. The zero-order valence-corrected chi connectivity index (χ0v) is 7.91. The Morgan fingerprint density at radius 2 is 2.23 bits per heavy atom. The first kappa shape index (κ1) is 8.10. The van der Waals surface area contributed by atoms with Crippen LogP contribution in [0.15, 0.2) is 18.3 Å². The van der Waals surface area contributed by atoms with E-state index in [0.717, 1.165) is 23.1 Å². The Morgan fingerprint density at radius 1 is 1.46 bits per heavy atom. The summed E-state index contributed by atoms with van der Waals surface area (Å²) in [6.07, 6.45) is 1.83. The summed E-state index contributed by atoms with van der Waals surface area (Å²) < 4.78 is 1.96. The maximum absolute atomic E-state index is 5.87. The Balaban J connectivity index is 2.82. The minimum atomic E-state index is 0.815. The largest absolute Gasteiger partial charge is 0.398 e. The van der Waals surface area contributed by atoms with Crippen LogP contribution < -0.4 is 5.73 Å². The highest BCUT2D eigenvalue weighted by Crippen LogP contribution is 2.22. The van der Waals surface area contributed by atoms with Crippen molar-refractivity contribution >= 4 is 16.6 Å². The molecule has 2 N–H and O–H groups in total. The van der Waals surface area contributed by atoms with Crippen LogP contribution in [0.5, 0.6) is 0 Å². The first-order valence-corrected chi connectivity index (χ1v) is 4.44. The summed E-state index contributed by atoms with van der Waals surface area (Å²) in [5.74, 6) is 0. The molecule has 0 bridgehead atoms. The van der Waals surface area contributed by atoms with Crippen LogP contribution >= 0.6 is 0 Å². The Hall–Kier alpha value is -1.51. The van der Waals surface area contributed by atoms with Gasteiger partial charge in [0, 0.05) is 17.6 Å². The number of aryl methyl sites for hydroxylation is 2. The molecule has 0 fully saturated rings. The smallest absolute Gasteiger partial charge is 0.0705 e. The normalized spacial score (nSPS) is 10.9. The van der Waals surface area contributed by atoms with Gasteiger partial charge in [-0.3, -0.25) is 4.68 Å². The monoisotopic (exact) mass is 175 g/mol. The van der Waals surface area contributed by atoms with Gasteiger partial charge in [0.1, 0.15) is 0 Å². The maximum Gasteiger partial charge on any atom is 0.0705 e. The molecule has 13 heavy (non-hydrogen) atoms. The Kier molecular flexibility index (Phi) is 1.72. The lowest BCUT2D eigenvalue weighted by atomic mass is 10.1. The van der Waals surface area contributed by atoms with Gasteiger partial charge < -0.3 is 5.73 Å². The number of aromatic nitrogens is 2. The first-order chi connectivity index (χ1) is 6.22. The molecule has 0 aliphatic carbocycles. The number of hydrogen-bond donors (Lipinski definition) is 1. The molecule has 0 radical (unpaired) electrons. The maximum atomic E-state index is 5.87. The molecular weight excluding hydrogens is 162 g/mol. The second kappa shape index (κ2) is 2.76. The van der Waals surface area contributed by atoms with Gasteiger partial charge in [0.2, 0.25) is 0 Å². The number of anilines is 1. The Labute approximate surface area is 77.2 Å². The molecule has 0 aliphatic heterocycles. The van der Waals surface area contributed by atoms with Crippen molar-refractivity contribution in [2.75, 3.05) is 5.73 Å². The predicted octanol–water partition coefficient (Wildman–Crippen LogP) is 1.95. The lowest BCUT2D eigenvalue weighted by Gasteiger charge is -2.01. The number of hydrogen-bond acceptors (Lipinski definition) is 2. The van der Waals surface area contributed by atoms with Gasteiger partial charge in [-0.05, 0) is 31.5 Å². The van der Waals surface area contributed by atoms with Crippen LogP contribution in [-0.4, -0.2) is 9.78 Å². The topological polar surface area (TPSA) is 43.8 Å². The molecule has 0 saturated heterocycles. The summed E-state index contributed by atoms with van der Waals surface area (Å²) in [6.45, 7) is 5.00. The zero-order valence-electron chi connectivity index (χ0n) is 7.91. The van der Waals surface area contributed by atoms with Gasteiger partial charge >= 0.3 is 0 Å². The quantitative estimate of drug-likeness (QED) is 0.673. The molecule has 1 aromatic carbocycles. The SMILES string of the molecule is CCn1ncc2c(N)cc(C)cc21. The van der Waals surface area contributed by atoms with Crippen LogP contribution in [0.1, 0.15) is 12.5 Å². The van der Waals surface area contributed by atoms with Crippen molar-refractivity contribution in [1.82, 2.24) is 9.78 Å². The third kappa shape index (κ3) is 1.16. The van der Waals surface area contributed by atoms with E-state index in [1.165, 1.54) is 5.56 Å². The highest BCUT2D eigenvalue weighted by molar-refractivity contribution is 5.90. The fraction of sp³-hybridized carbons (Fsp3) is 0.300. The van der Waals surface area contributed by atoms with Crippen molar-refractivity contribution in [3.63, 3.8) is 0 Å². The second-order valence-electron chi connectivity index (χ2n) is 3.25. The van der Waals surface area contributed by atoms with E-state index in [2.05, 4.69) is 18.1 Å². The lowest BCUT2D eigenvalue weighted by Crippen LogP contribution is -1.96. The summed E-state index contributed by atoms with van der Waals surface area (Å²) in [5, 5.41) is 5.30. The molecular formula is C10H13N3. The molecule has 0 saturated carbocycles. The van der Waals surface area contributed by atoms with Crippen molar-refractivity contribution in [1.29, 1.82) is 0 Å². The van der Waals surface area contributed by atoms with E-state index in [0.29, 0.717) is 0 Å². The van der Waals surface area contributed by atoms with Gasteiger partial charge in [0.25, 0.3) is 0 Å². The summed E-state index contributed by atoms with van der Waals surface area (Å²) in [7, 11) is 0. The molecule has 0 unspecified atom stereocenters. The molecule has 68 valence electrons. The summed E-state index contributed by atoms with van der Waals surface area (Å²) in [6, 6.07) is 4.09. The van der Waals surface area contributed by atoms with Crippen LogP contribution in [0.3, 0.4) is 0 Å². The van der Waals surface area contributed by atoms with Crippen molar-refractivity contribution in [3.8, 4) is 0 Å². The number of rotatable bonds is 1. The van der Waals surface area contributed by atoms with Gasteiger partial charge in [0.15, 0.2) is 0 Å². The molecule has 0 spiro atoms. The first-order valence-electron chi connectivity index (χ1n) is 4.44. The van der Waals surface area contributed by atoms with Crippen molar-refractivity contribution in [2.24, 2.45) is 0 Å². The molecule has 0 atom stereocenters. The molecule has 2 aromatic rings. The standard InChI is InChI=1S/C10H13N3/c1-3-13-10-5-7(2)4-9(11)8(10)6-12-13/h4-6H,3,11H2,1-2H3. The van der Waals surface area contributed by atoms with E-state index in [4.69, 9.17) is 5.73 Å². The summed E-state index contributed by atoms with van der Waals surface area (Å²) >= 11 is 0. The fourth-order valence-electron chi connectivity index (χ4n) is 1.60. The zero-order chi connectivity index (χ0) is 9.42. The molecule has 3 heteroatoms. The van der Waals surface area contributed by atoms with Crippen molar-refractivity contribution in [2.45, 2.75) is 20.4 Å². The van der Waals surface area contributed by atoms with E-state index in [1.807, 2.05) is 23.9 Å². The van der Waals surface area contributed by atoms with Crippen molar-refractivity contribution < 1.29 is 0 Å². The van der Waals surface area contributed by atoms with Gasteiger partial charge in [-0.2, -0.15) is 5.10 Å². The average molecular weight is 175 g/mol. The van der Waals surface area contributed by atoms with E-state index in [-0.39, 0.29) is 0 Å². The Bertz CT molecular complexity index is 443. The minimum Gasteiger partial charge on any atom is -0.398 e. The lowest BCUT2D eigenvalue weighted by molar-refractivity contribution is 0.684. The van der Waals surface area contributed by atoms with E-state index < -0.39 is 0 Å². The van der Waals surface area contributed by atoms with Crippen LogP contribution in [0, 0.1) is 6.92 Å². The van der Waals surface area contributed by atoms with E-state index >= 15 is 0 Å². The second-order valence-corrected chi connectivity index (χ2v) is 3.25. The molecule has 1 heterocycles. The molecule has 2 rings (SSSR count). The van der Waals surface area contributed by atoms with E-state index in [1.54, 1.807) is 0 Å². The summed E-state index contributed by atoms with van der Waals surface area (Å²) in [4.78, 5) is 0. The highest BCUT2D eigenvalue weighted by atomic mass is 15.3. The van der Waals surface area contributed by atoms with Gasteiger partial charge in [0.05, 0.1) is 11.7 Å². The van der Waals surface area contributed by atoms with Crippen LogP contribution in [0.4, 0.5) is 5.69 Å². The summed E-state index contributed by atoms with van der Waals surface area (Å²) in [5.41, 5.74) is 8.99.